The molecule has 0 spiro atoms. The molecule has 4 atom stereocenters. The summed E-state index contributed by atoms with van der Waals surface area (Å²) in [4.78, 5) is 25.0. The van der Waals surface area contributed by atoms with E-state index in [4.69, 9.17) is 14.5 Å². The molecule has 4 fully saturated rings. The number of carbonyl (C=O) groups is 1. The summed E-state index contributed by atoms with van der Waals surface area (Å²) in [6.07, 6.45) is 6.82. The molecule has 1 aromatic carbocycles. The Balaban J connectivity index is 0.958. The number of benzene rings is 1. The second-order valence-electron chi connectivity index (χ2n) is 13.0. The highest BCUT2D eigenvalue weighted by atomic mass is 16.5. The van der Waals surface area contributed by atoms with Crippen molar-refractivity contribution < 1.29 is 14.3 Å². The van der Waals surface area contributed by atoms with Crippen LogP contribution in [0.1, 0.15) is 33.5 Å². The third-order valence-corrected chi connectivity index (χ3v) is 10.4. The number of aryl methyl sites for hydroxylation is 1. The normalized spacial score (nSPS) is 24.0. The number of ether oxygens (including phenoxy) is 2. The monoisotopic (exact) mass is 603 g/mol. The van der Waals surface area contributed by atoms with E-state index in [9.17, 15) is 10.1 Å². The van der Waals surface area contributed by atoms with Crippen molar-refractivity contribution in [2.75, 3.05) is 57.4 Å². The Hall–Kier alpha value is -4.46. The summed E-state index contributed by atoms with van der Waals surface area (Å²) in [5.74, 6) is 2.65. The van der Waals surface area contributed by atoms with Gasteiger partial charge in [-0.25, -0.2) is 9.50 Å². The Kier molecular flexibility index (Phi) is 6.96. The minimum atomic E-state index is 0.145. The summed E-state index contributed by atoms with van der Waals surface area (Å²) in [6.45, 7) is 10.6. The molecule has 8 rings (SSSR count). The van der Waals surface area contributed by atoms with Crippen LogP contribution in [0.2, 0.25) is 0 Å². The summed E-state index contributed by atoms with van der Waals surface area (Å²) < 4.78 is 13.7. The second kappa shape index (κ2) is 11.2. The van der Waals surface area contributed by atoms with Gasteiger partial charge in [0.25, 0.3) is 5.91 Å². The van der Waals surface area contributed by atoms with Gasteiger partial charge < -0.3 is 19.3 Å². The van der Waals surface area contributed by atoms with Crippen LogP contribution in [0.25, 0.3) is 16.6 Å². The fraction of sp³-hybridized carbons (Fsp3) is 0.429. The van der Waals surface area contributed by atoms with Gasteiger partial charge in [-0.05, 0) is 55.7 Å². The van der Waals surface area contributed by atoms with Crippen molar-refractivity contribution in [3.63, 3.8) is 0 Å². The summed E-state index contributed by atoms with van der Waals surface area (Å²) in [5, 5.41) is 14.2. The number of fused-ring (bicyclic) bond motifs is 4. The minimum absolute atomic E-state index is 0.145. The van der Waals surface area contributed by atoms with Crippen molar-refractivity contribution in [1.29, 1.82) is 5.26 Å². The van der Waals surface area contributed by atoms with Crippen LogP contribution in [0.5, 0.6) is 5.75 Å². The molecule has 0 radical (unpaired) electrons. The molecule has 4 aliphatic heterocycles. The molecule has 0 aliphatic carbocycles. The molecule has 2 bridgehead atoms. The van der Waals surface area contributed by atoms with Gasteiger partial charge in [-0.3, -0.25) is 9.69 Å². The lowest BCUT2D eigenvalue weighted by Gasteiger charge is -2.26. The van der Waals surface area contributed by atoms with Crippen LogP contribution < -0.4 is 9.64 Å². The first-order chi connectivity index (χ1) is 21.9. The molecule has 230 valence electrons. The number of hydrogen-bond acceptors (Lipinski definition) is 8. The lowest BCUT2D eigenvalue weighted by molar-refractivity contribution is 0.0258. The highest BCUT2D eigenvalue weighted by molar-refractivity contribution is 5.96. The fourth-order valence-electron chi connectivity index (χ4n) is 7.74. The van der Waals surface area contributed by atoms with Crippen LogP contribution >= 0.6 is 0 Å². The number of pyridine rings is 2. The number of likely N-dealkylation sites (tertiary alicyclic amines) is 2. The van der Waals surface area contributed by atoms with Gasteiger partial charge in [0.2, 0.25) is 0 Å². The highest BCUT2D eigenvalue weighted by Crippen LogP contribution is 2.36. The summed E-state index contributed by atoms with van der Waals surface area (Å²) in [7, 11) is 0. The van der Waals surface area contributed by atoms with E-state index in [0.717, 1.165) is 91.4 Å². The number of rotatable bonds is 7. The Bertz CT molecular complexity index is 1800. The number of morpholine rings is 1. The van der Waals surface area contributed by atoms with Crippen LogP contribution in [-0.2, 0) is 4.74 Å². The summed E-state index contributed by atoms with van der Waals surface area (Å²) in [6, 6.07) is 14.9. The summed E-state index contributed by atoms with van der Waals surface area (Å²) in [5.41, 5.74) is 6.08. The van der Waals surface area contributed by atoms with Gasteiger partial charge in [-0.15, -0.1) is 0 Å². The topological polar surface area (TPSA) is 99.2 Å². The number of amides is 1. The first-order valence-corrected chi connectivity index (χ1v) is 15.9. The van der Waals surface area contributed by atoms with Crippen molar-refractivity contribution in [2.24, 2.45) is 11.8 Å². The lowest BCUT2D eigenvalue weighted by Crippen LogP contribution is -2.39. The maximum absolute atomic E-state index is 13.3. The van der Waals surface area contributed by atoms with Gasteiger partial charge >= 0.3 is 0 Å². The quantitative estimate of drug-likeness (QED) is 0.313. The molecule has 45 heavy (non-hydrogen) atoms. The van der Waals surface area contributed by atoms with Crippen molar-refractivity contribution in [3.8, 4) is 22.9 Å². The maximum Gasteiger partial charge on any atom is 0.254 e. The first kappa shape index (κ1) is 28.0. The van der Waals surface area contributed by atoms with Gasteiger partial charge in [-0.2, -0.15) is 10.4 Å². The zero-order valence-electron chi connectivity index (χ0n) is 25.7. The van der Waals surface area contributed by atoms with Crippen LogP contribution in [-0.4, -0.2) is 94.9 Å². The number of nitriles is 1. The van der Waals surface area contributed by atoms with E-state index in [2.05, 4.69) is 46.1 Å². The molecule has 4 saturated heterocycles. The third-order valence-electron chi connectivity index (χ3n) is 10.4. The summed E-state index contributed by atoms with van der Waals surface area (Å²) >= 11 is 0. The molecule has 0 N–H and O–H groups in total. The number of anilines is 1. The Morgan fingerprint density at radius 1 is 1.09 bits per heavy atom. The van der Waals surface area contributed by atoms with Crippen molar-refractivity contribution in [2.45, 2.75) is 32.4 Å². The molecule has 4 aliphatic rings. The van der Waals surface area contributed by atoms with Crippen LogP contribution in [0.4, 0.5) is 5.82 Å². The van der Waals surface area contributed by atoms with Gasteiger partial charge in [0.05, 0.1) is 36.2 Å². The number of nitrogens with zero attached hydrogens (tertiary/aromatic N) is 7. The number of aromatic nitrogens is 3. The Morgan fingerprint density at radius 2 is 1.93 bits per heavy atom. The average molecular weight is 604 g/mol. The predicted octanol–water partition coefficient (Wildman–Crippen LogP) is 3.95. The van der Waals surface area contributed by atoms with E-state index in [1.807, 2.05) is 42.4 Å². The number of hydrogen-bond donors (Lipinski definition) is 0. The highest BCUT2D eigenvalue weighted by Gasteiger charge is 2.42. The third kappa shape index (κ3) is 5.00. The van der Waals surface area contributed by atoms with Crippen molar-refractivity contribution in [3.05, 3.63) is 77.2 Å². The smallest absolute Gasteiger partial charge is 0.254 e. The van der Waals surface area contributed by atoms with Gasteiger partial charge in [0.1, 0.15) is 24.2 Å². The molecule has 0 saturated carbocycles. The van der Waals surface area contributed by atoms with Gasteiger partial charge in [0, 0.05) is 80.0 Å². The van der Waals surface area contributed by atoms with E-state index < -0.39 is 0 Å². The lowest BCUT2D eigenvalue weighted by atomic mass is 10.0. The van der Waals surface area contributed by atoms with Crippen molar-refractivity contribution in [1.82, 2.24) is 24.4 Å². The first-order valence-electron chi connectivity index (χ1n) is 15.9. The minimum Gasteiger partial charge on any atom is -0.491 e. The van der Waals surface area contributed by atoms with E-state index in [1.165, 1.54) is 0 Å². The van der Waals surface area contributed by atoms with E-state index in [1.54, 1.807) is 10.7 Å². The van der Waals surface area contributed by atoms with Crippen LogP contribution in [0, 0.1) is 37.0 Å². The SMILES string of the molecule is Cc1cccc(C(=O)N2CC3CN(c4ccc(-c5cc(OCCN6C[C@@H]7C[C@H]6CO7)cn6ncc(C#N)c56)cn4)CC3C2)c1C. The molecule has 2 unspecified atom stereocenters. The maximum atomic E-state index is 13.3. The zero-order valence-corrected chi connectivity index (χ0v) is 25.7. The van der Waals surface area contributed by atoms with Crippen LogP contribution in [0.3, 0.4) is 0 Å². The average Bonchev–Trinajstić information content (AvgIpc) is 3.88. The largest absolute Gasteiger partial charge is 0.491 e. The number of carbonyl (C=O) groups excluding carboxylic acids is 1. The van der Waals surface area contributed by atoms with Gasteiger partial charge in [0.15, 0.2) is 0 Å². The standard InChI is InChI=1S/C35H37N7O3/c1-22-4-3-5-31(23(22)2)35(43)41-17-26-15-40(16-27(26)18-41)33-7-6-24(13-37-33)32-11-30(20-42-34(32)25(12-36)14-38-42)44-9-8-39-19-29-10-28(39)21-45-29/h3-7,11,13-14,20,26-29H,8-10,15-19,21H2,1-2H3/t26?,27?,28-,29-/m0/s1. The molecule has 10 heteroatoms. The molecule has 3 aromatic heterocycles. The van der Waals surface area contributed by atoms with E-state index >= 15 is 0 Å². The van der Waals surface area contributed by atoms with E-state index in [-0.39, 0.29) is 5.91 Å². The van der Waals surface area contributed by atoms with Crippen LogP contribution in [0.15, 0.2) is 55.0 Å². The van der Waals surface area contributed by atoms with Crippen molar-refractivity contribution >= 4 is 17.2 Å². The molecule has 4 aromatic rings. The Labute approximate surface area is 262 Å². The second-order valence-corrected chi connectivity index (χ2v) is 13.0. The molecule has 1 amide bonds. The van der Waals surface area contributed by atoms with Gasteiger partial charge in [-0.1, -0.05) is 12.1 Å². The molecular formula is C35H37N7O3. The van der Waals surface area contributed by atoms with E-state index in [0.29, 0.717) is 41.9 Å². The predicted molar refractivity (Wildman–Crippen MR) is 169 cm³/mol. The molecular weight excluding hydrogens is 566 g/mol. The fourth-order valence-corrected chi connectivity index (χ4v) is 7.74. The zero-order chi connectivity index (χ0) is 30.7. The Morgan fingerprint density at radius 3 is 2.64 bits per heavy atom. The molecule has 10 nitrogen and oxygen atoms in total. The molecule has 7 heterocycles.